The molecule has 7 nitrogen and oxygen atoms in total. The minimum Gasteiger partial charge on any atom is -0.354 e. The van der Waals surface area contributed by atoms with Crippen molar-refractivity contribution < 1.29 is 14.4 Å². The van der Waals surface area contributed by atoms with Crippen molar-refractivity contribution in [1.82, 2.24) is 9.88 Å². The van der Waals surface area contributed by atoms with Gasteiger partial charge >= 0.3 is 0 Å². The number of H-pyrrole nitrogens is 1. The predicted molar refractivity (Wildman–Crippen MR) is 179 cm³/mol. The summed E-state index contributed by atoms with van der Waals surface area (Å²) in [6.07, 6.45) is 2.08. The van der Waals surface area contributed by atoms with E-state index in [0.717, 1.165) is 49.0 Å². The number of hydrogen-bond acceptors (Lipinski definition) is 3. The number of nitrogens with zero attached hydrogens (tertiary/aromatic N) is 1. The number of aromatic amines is 1. The summed E-state index contributed by atoms with van der Waals surface area (Å²) in [5.41, 5.74) is 6.27. The molecule has 1 saturated heterocycles. The second kappa shape index (κ2) is 12.8. The zero-order valence-corrected chi connectivity index (χ0v) is 25.6. The highest BCUT2D eigenvalue weighted by atomic mass is 127. The van der Waals surface area contributed by atoms with Crippen molar-refractivity contribution in [1.29, 1.82) is 0 Å². The maximum absolute atomic E-state index is 13.3. The normalized spacial score (nSPS) is 14.5. The van der Waals surface area contributed by atoms with Gasteiger partial charge in [-0.15, -0.1) is 0 Å². The number of rotatable bonds is 8. The summed E-state index contributed by atoms with van der Waals surface area (Å²) in [6, 6.07) is 32.4. The first kappa shape index (κ1) is 28.7. The van der Waals surface area contributed by atoms with E-state index >= 15 is 0 Å². The number of nitrogens with one attached hydrogen (secondary N) is 3. The molecule has 0 spiro atoms. The van der Waals surface area contributed by atoms with Gasteiger partial charge in [-0.1, -0.05) is 72.8 Å². The summed E-state index contributed by atoms with van der Waals surface area (Å²) in [7, 11) is 0. The van der Waals surface area contributed by atoms with Crippen LogP contribution in [0, 0.1) is 3.57 Å². The van der Waals surface area contributed by atoms with Gasteiger partial charge in [-0.05, 0) is 82.5 Å². The quantitative estimate of drug-likeness (QED) is 0.157. The van der Waals surface area contributed by atoms with E-state index in [4.69, 9.17) is 0 Å². The Kier molecular flexibility index (Phi) is 8.55. The highest BCUT2D eigenvalue weighted by Crippen LogP contribution is 2.34. The maximum atomic E-state index is 13.3. The fourth-order valence-corrected chi connectivity index (χ4v) is 6.47. The van der Waals surface area contributed by atoms with E-state index in [1.54, 1.807) is 4.90 Å². The van der Waals surface area contributed by atoms with E-state index in [1.165, 1.54) is 0 Å². The third kappa shape index (κ3) is 6.64. The van der Waals surface area contributed by atoms with Crippen molar-refractivity contribution in [3.05, 3.63) is 118 Å². The number of halogens is 1. The lowest BCUT2D eigenvalue weighted by Gasteiger charge is -2.24. The summed E-state index contributed by atoms with van der Waals surface area (Å²) in [6.45, 7) is 0.595. The molecule has 43 heavy (non-hydrogen) atoms. The first-order valence-corrected chi connectivity index (χ1v) is 15.4. The van der Waals surface area contributed by atoms with Crippen LogP contribution in [-0.2, 0) is 27.2 Å². The van der Waals surface area contributed by atoms with Crippen molar-refractivity contribution in [3.63, 3.8) is 0 Å². The van der Waals surface area contributed by atoms with Crippen molar-refractivity contribution in [3.8, 4) is 11.3 Å². The molecule has 1 aliphatic heterocycles. The monoisotopic (exact) mass is 682 g/mol. The second-order valence-electron chi connectivity index (χ2n) is 10.8. The van der Waals surface area contributed by atoms with E-state index in [2.05, 4.69) is 38.2 Å². The zero-order chi connectivity index (χ0) is 29.8. The number of likely N-dealkylation sites (tertiary alicyclic amines) is 1. The molecule has 3 amide bonds. The molecular weight excluding hydrogens is 651 g/mol. The Morgan fingerprint density at radius 2 is 1.44 bits per heavy atom. The zero-order valence-electron chi connectivity index (χ0n) is 23.5. The minimum absolute atomic E-state index is 0.0223. The first-order chi connectivity index (χ1) is 20.9. The first-order valence-electron chi connectivity index (χ1n) is 14.3. The lowest BCUT2D eigenvalue weighted by Crippen LogP contribution is -2.43. The van der Waals surface area contributed by atoms with Crippen LogP contribution in [-0.4, -0.2) is 40.2 Å². The predicted octanol–water partition coefficient (Wildman–Crippen LogP) is 6.79. The van der Waals surface area contributed by atoms with Gasteiger partial charge in [-0.25, -0.2) is 0 Å². The maximum Gasteiger partial charge on any atom is 0.247 e. The summed E-state index contributed by atoms with van der Waals surface area (Å²) in [4.78, 5) is 44.0. The topological polar surface area (TPSA) is 94.3 Å². The van der Waals surface area contributed by atoms with Gasteiger partial charge in [0, 0.05) is 32.4 Å². The van der Waals surface area contributed by atoms with E-state index in [1.807, 2.05) is 103 Å². The van der Waals surface area contributed by atoms with Crippen LogP contribution in [0.1, 0.15) is 24.0 Å². The van der Waals surface area contributed by atoms with Crippen LogP contribution >= 0.6 is 22.6 Å². The molecule has 0 bridgehead atoms. The largest absolute Gasteiger partial charge is 0.354 e. The van der Waals surface area contributed by atoms with Gasteiger partial charge in [0.1, 0.15) is 6.04 Å². The lowest BCUT2D eigenvalue weighted by molar-refractivity contribution is -0.136. The molecule has 5 aromatic rings. The molecule has 1 fully saturated rings. The van der Waals surface area contributed by atoms with Crippen LogP contribution in [0.15, 0.2) is 103 Å². The number of benzene rings is 4. The van der Waals surface area contributed by atoms with E-state index < -0.39 is 6.04 Å². The van der Waals surface area contributed by atoms with Gasteiger partial charge in [0.25, 0.3) is 0 Å². The molecule has 4 aromatic carbocycles. The van der Waals surface area contributed by atoms with Gasteiger partial charge in [-0.3, -0.25) is 14.4 Å². The van der Waals surface area contributed by atoms with Gasteiger partial charge in [0.05, 0.1) is 18.5 Å². The Morgan fingerprint density at radius 3 is 2.14 bits per heavy atom. The number of aromatic nitrogens is 1. The summed E-state index contributed by atoms with van der Waals surface area (Å²) >= 11 is 2.32. The van der Waals surface area contributed by atoms with Gasteiger partial charge in [0.2, 0.25) is 17.7 Å². The van der Waals surface area contributed by atoms with Crippen LogP contribution < -0.4 is 10.6 Å². The average Bonchev–Trinajstić information content (AvgIpc) is 3.64. The number of hydrogen-bond donors (Lipinski definition) is 3. The highest BCUT2D eigenvalue weighted by molar-refractivity contribution is 14.1. The smallest absolute Gasteiger partial charge is 0.247 e. The molecule has 0 aliphatic carbocycles. The van der Waals surface area contributed by atoms with Crippen molar-refractivity contribution in [2.45, 2.75) is 31.7 Å². The molecule has 0 saturated carbocycles. The van der Waals surface area contributed by atoms with Gasteiger partial charge in [0.15, 0.2) is 0 Å². The highest BCUT2D eigenvalue weighted by Gasteiger charge is 2.34. The number of carbonyl (C=O) groups excluding carboxylic acids is 3. The summed E-state index contributed by atoms with van der Waals surface area (Å²) < 4.78 is 1.03. The molecule has 8 heteroatoms. The van der Waals surface area contributed by atoms with Crippen molar-refractivity contribution in [2.75, 3.05) is 17.2 Å². The molecule has 1 aromatic heterocycles. The van der Waals surface area contributed by atoms with Crippen LogP contribution in [0.25, 0.3) is 22.2 Å². The molecule has 2 heterocycles. The summed E-state index contributed by atoms with van der Waals surface area (Å²) in [5.74, 6) is -0.241. The standard InChI is InChI=1S/C35H31IN4O3/c36-33-28-22-27(38-35(43)30-12-7-19-40(30)32(42)21-24-10-5-2-6-11-24)17-18-29(28)39-34(33)25-13-15-26(16-14-25)37-31(41)20-23-8-3-1-4-9-23/h1-6,8-11,13-18,22,30,39H,7,12,19-21H2,(H,37,41)(H,38,43)/t30-/m0/s1. The van der Waals surface area contributed by atoms with E-state index in [9.17, 15) is 14.4 Å². The number of fused-ring (bicyclic) bond motifs is 1. The molecule has 0 radical (unpaired) electrons. The molecule has 1 atom stereocenters. The molecule has 6 rings (SSSR count). The van der Waals surface area contributed by atoms with E-state index in [-0.39, 0.29) is 17.7 Å². The third-order valence-corrected chi connectivity index (χ3v) is 8.86. The van der Waals surface area contributed by atoms with Crippen LogP contribution in [0.5, 0.6) is 0 Å². The molecule has 3 N–H and O–H groups in total. The fraction of sp³-hybridized carbons (Fsp3) is 0.171. The lowest BCUT2D eigenvalue weighted by atomic mass is 10.1. The Bertz CT molecular complexity index is 1770. The molecule has 0 unspecified atom stereocenters. The number of carbonyl (C=O) groups is 3. The molecule has 1 aliphatic rings. The van der Waals surface area contributed by atoms with Gasteiger partial charge in [-0.2, -0.15) is 0 Å². The Hall–Kier alpha value is -4.44. The third-order valence-electron chi connectivity index (χ3n) is 7.74. The van der Waals surface area contributed by atoms with Crippen molar-refractivity contribution >= 4 is 62.6 Å². The number of amides is 3. The van der Waals surface area contributed by atoms with Crippen LogP contribution in [0.4, 0.5) is 11.4 Å². The SMILES string of the molecule is O=C(Cc1ccccc1)Nc1ccc(-c2[nH]c3ccc(NC(=O)[C@@H]4CCCN4C(=O)Cc4ccccc4)cc3c2I)cc1. The fourth-order valence-electron chi connectivity index (χ4n) is 5.58. The second-order valence-corrected chi connectivity index (χ2v) is 11.8. The molecular formula is C35H31IN4O3. The van der Waals surface area contributed by atoms with Crippen LogP contribution in [0.3, 0.4) is 0 Å². The number of anilines is 2. The van der Waals surface area contributed by atoms with Gasteiger partial charge < -0.3 is 20.5 Å². The summed E-state index contributed by atoms with van der Waals surface area (Å²) in [5, 5.41) is 7.02. The Morgan fingerprint density at radius 1 is 0.791 bits per heavy atom. The van der Waals surface area contributed by atoms with Crippen molar-refractivity contribution in [2.24, 2.45) is 0 Å². The molecule has 216 valence electrons. The van der Waals surface area contributed by atoms with Crippen LogP contribution in [0.2, 0.25) is 0 Å². The average molecular weight is 683 g/mol. The minimum atomic E-state index is -0.473. The van der Waals surface area contributed by atoms with E-state index in [0.29, 0.717) is 31.5 Å². The Labute approximate surface area is 263 Å². The Balaban J connectivity index is 1.12.